The van der Waals surface area contributed by atoms with Gasteiger partial charge in [-0.1, -0.05) is 34.8 Å². The van der Waals surface area contributed by atoms with Crippen molar-refractivity contribution in [1.82, 2.24) is 14.6 Å². The van der Waals surface area contributed by atoms with Gasteiger partial charge in [-0.3, -0.25) is 4.79 Å². The predicted octanol–water partition coefficient (Wildman–Crippen LogP) is 1.52. The van der Waals surface area contributed by atoms with Gasteiger partial charge in [-0.2, -0.15) is 0 Å². The van der Waals surface area contributed by atoms with Crippen LogP contribution in [0.1, 0.15) is 21.7 Å². The topological polar surface area (TPSA) is 51.1 Å². The van der Waals surface area contributed by atoms with E-state index in [0.717, 1.165) is 11.4 Å². The molecule has 0 aliphatic heterocycles. The van der Waals surface area contributed by atoms with Crippen LogP contribution in [0.2, 0.25) is 0 Å². The van der Waals surface area contributed by atoms with Crippen LogP contribution in [-0.4, -0.2) is 20.4 Å². The Morgan fingerprint density at radius 1 is 1.25 bits per heavy atom. The molecule has 0 atom stereocenters. The Morgan fingerprint density at radius 3 is 2.75 bits per heavy atom. The van der Waals surface area contributed by atoms with Crippen molar-refractivity contribution in [3.8, 4) is 0 Å². The number of carbonyl (C=O) groups is 1. The molecule has 0 amide bonds. The smallest absolute Gasteiger partial charge is 0.291 e. The minimum atomic E-state index is 0.0476. The first-order chi connectivity index (χ1) is 9.65. The van der Waals surface area contributed by atoms with Crippen molar-refractivity contribution >= 4 is 11.6 Å². The van der Waals surface area contributed by atoms with Gasteiger partial charge in [0.05, 0.1) is 0 Å². The van der Waals surface area contributed by atoms with E-state index in [1.54, 1.807) is 15.4 Å². The summed E-state index contributed by atoms with van der Waals surface area (Å²) in [6, 6.07) is 11.2. The molecule has 1 aromatic carbocycles. The highest BCUT2D eigenvalue weighted by atomic mass is 16.1. The fraction of sp³-hybridized carbons (Fsp3) is 0.200. The van der Waals surface area contributed by atoms with Crippen LogP contribution in [-0.2, 0) is 6.54 Å². The largest absolute Gasteiger partial charge is 0.387 e. The zero-order chi connectivity index (χ0) is 14.1. The number of hydrogen-bond donors (Lipinski definition) is 0. The molecule has 3 aromatic rings. The molecule has 0 spiro atoms. The Hall–Kier alpha value is -2.56. The standard InChI is InChI=1S/C15H15N4O/c1-11-8-12(2)19-15(17-11)18(10-16-19)9-14(20)13-6-4-3-5-7-13/h3-8,10H,9H2,1-2H3/q+1. The first-order valence-corrected chi connectivity index (χ1v) is 6.45. The molecule has 0 N–H and O–H groups in total. The number of nitrogens with zero attached hydrogens (tertiary/aromatic N) is 4. The third kappa shape index (κ3) is 2.18. The predicted molar refractivity (Wildman–Crippen MR) is 73.4 cm³/mol. The molecule has 2 heterocycles. The zero-order valence-corrected chi connectivity index (χ0v) is 11.4. The van der Waals surface area contributed by atoms with Gasteiger partial charge in [-0.25, -0.2) is 4.57 Å². The van der Waals surface area contributed by atoms with E-state index in [4.69, 9.17) is 0 Å². The van der Waals surface area contributed by atoms with E-state index in [1.807, 2.05) is 50.2 Å². The van der Waals surface area contributed by atoms with Crippen molar-refractivity contribution in [3.63, 3.8) is 0 Å². The number of aryl methyl sites for hydroxylation is 2. The fourth-order valence-electron chi connectivity index (χ4n) is 2.23. The number of ketones is 1. The third-order valence-corrected chi connectivity index (χ3v) is 3.19. The van der Waals surface area contributed by atoms with Crippen molar-refractivity contribution in [3.05, 3.63) is 59.7 Å². The molecular formula is C15H15N4O+. The van der Waals surface area contributed by atoms with E-state index in [9.17, 15) is 4.79 Å². The van der Waals surface area contributed by atoms with E-state index < -0.39 is 0 Å². The van der Waals surface area contributed by atoms with Gasteiger partial charge in [0.15, 0.2) is 5.78 Å². The summed E-state index contributed by atoms with van der Waals surface area (Å²) in [6.45, 7) is 4.14. The van der Waals surface area contributed by atoms with Crippen LogP contribution in [0, 0.1) is 13.8 Å². The highest BCUT2D eigenvalue weighted by Crippen LogP contribution is 2.03. The number of fused-ring (bicyclic) bond motifs is 1. The van der Waals surface area contributed by atoms with Crippen LogP contribution in [0.15, 0.2) is 42.7 Å². The lowest BCUT2D eigenvalue weighted by Gasteiger charge is -1.99. The molecule has 5 nitrogen and oxygen atoms in total. The number of aromatic nitrogens is 4. The molecule has 0 fully saturated rings. The fourth-order valence-corrected chi connectivity index (χ4v) is 2.23. The lowest BCUT2D eigenvalue weighted by Crippen LogP contribution is -2.37. The summed E-state index contributed by atoms with van der Waals surface area (Å²) in [6.07, 6.45) is 1.65. The Bertz CT molecular complexity index is 777. The summed E-state index contributed by atoms with van der Waals surface area (Å²) in [5.74, 6) is 0.734. The monoisotopic (exact) mass is 267 g/mol. The lowest BCUT2D eigenvalue weighted by molar-refractivity contribution is -0.660. The van der Waals surface area contributed by atoms with Crippen LogP contribution in [0.5, 0.6) is 0 Å². The second-order valence-electron chi connectivity index (χ2n) is 4.80. The Labute approximate surface area is 116 Å². The Balaban J connectivity index is 1.98. The van der Waals surface area contributed by atoms with Gasteiger partial charge < -0.3 is 0 Å². The van der Waals surface area contributed by atoms with Crippen LogP contribution in [0.25, 0.3) is 5.78 Å². The molecule has 0 saturated carbocycles. The van der Waals surface area contributed by atoms with Crippen LogP contribution in [0.3, 0.4) is 0 Å². The van der Waals surface area contributed by atoms with Gasteiger partial charge >= 0.3 is 5.78 Å². The van der Waals surface area contributed by atoms with E-state index in [2.05, 4.69) is 10.1 Å². The van der Waals surface area contributed by atoms with Crippen molar-refractivity contribution in [2.45, 2.75) is 20.4 Å². The van der Waals surface area contributed by atoms with Gasteiger partial charge in [-0.05, 0) is 18.9 Å². The average molecular weight is 267 g/mol. The van der Waals surface area contributed by atoms with E-state index in [-0.39, 0.29) is 12.3 Å². The maximum absolute atomic E-state index is 12.2. The number of benzene rings is 1. The first-order valence-electron chi connectivity index (χ1n) is 6.45. The molecule has 0 bridgehead atoms. The minimum Gasteiger partial charge on any atom is -0.291 e. The van der Waals surface area contributed by atoms with Gasteiger partial charge in [0.1, 0.15) is 17.9 Å². The summed E-state index contributed by atoms with van der Waals surface area (Å²) < 4.78 is 3.51. The number of Topliss-reactive ketones (excluding diaryl/α,β-unsaturated/α-hetero) is 1. The van der Waals surface area contributed by atoms with Gasteiger partial charge in [-0.15, -0.1) is 4.98 Å². The second kappa shape index (κ2) is 4.85. The highest BCUT2D eigenvalue weighted by molar-refractivity contribution is 5.95. The van der Waals surface area contributed by atoms with Crippen molar-refractivity contribution in [2.75, 3.05) is 0 Å². The van der Waals surface area contributed by atoms with Crippen molar-refractivity contribution in [2.24, 2.45) is 0 Å². The summed E-state index contributed by atoms with van der Waals surface area (Å²) in [4.78, 5) is 16.7. The Morgan fingerprint density at radius 2 is 2.00 bits per heavy atom. The Kier molecular flexibility index (Phi) is 3.02. The summed E-state index contributed by atoms with van der Waals surface area (Å²) in [7, 11) is 0. The minimum absolute atomic E-state index is 0.0476. The maximum Gasteiger partial charge on any atom is 0.387 e. The zero-order valence-electron chi connectivity index (χ0n) is 11.4. The summed E-state index contributed by atoms with van der Waals surface area (Å²) in [5, 5.41) is 4.27. The van der Waals surface area contributed by atoms with Crippen LogP contribution >= 0.6 is 0 Å². The van der Waals surface area contributed by atoms with Crippen LogP contribution < -0.4 is 4.57 Å². The molecule has 0 unspecified atom stereocenters. The van der Waals surface area contributed by atoms with Gasteiger partial charge in [0, 0.05) is 11.6 Å². The molecule has 0 radical (unpaired) electrons. The number of hydrogen-bond acceptors (Lipinski definition) is 3. The van der Waals surface area contributed by atoms with Gasteiger partial charge in [0.25, 0.3) is 0 Å². The van der Waals surface area contributed by atoms with Crippen molar-refractivity contribution in [1.29, 1.82) is 0 Å². The van der Waals surface area contributed by atoms with E-state index in [0.29, 0.717) is 11.3 Å². The normalized spacial score (nSPS) is 10.9. The molecule has 2 aromatic heterocycles. The first kappa shape index (κ1) is 12.5. The molecule has 100 valence electrons. The van der Waals surface area contributed by atoms with Crippen LogP contribution in [0.4, 0.5) is 0 Å². The molecule has 20 heavy (non-hydrogen) atoms. The van der Waals surface area contributed by atoms with E-state index >= 15 is 0 Å². The molecule has 3 rings (SSSR count). The van der Waals surface area contributed by atoms with Gasteiger partial charge in [0.2, 0.25) is 6.33 Å². The van der Waals surface area contributed by atoms with E-state index in [1.165, 1.54) is 0 Å². The highest BCUT2D eigenvalue weighted by Gasteiger charge is 2.18. The average Bonchev–Trinajstić information content (AvgIpc) is 2.83. The molecular weight excluding hydrogens is 252 g/mol. The molecule has 0 aliphatic rings. The lowest BCUT2D eigenvalue weighted by atomic mass is 10.1. The SMILES string of the molecule is Cc1cc(C)n2nc[n+](CC(=O)c3ccccc3)c2n1. The molecule has 0 aliphatic carbocycles. The quantitative estimate of drug-likeness (QED) is 0.534. The summed E-state index contributed by atoms with van der Waals surface area (Å²) in [5.41, 5.74) is 2.61. The second-order valence-corrected chi connectivity index (χ2v) is 4.80. The third-order valence-electron chi connectivity index (χ3n) is 3.19. The van der Waals surface area contributed by atoms with Crippen molar-refractivity contribution < 1.29 is 9.36 Å². The number of rotatable bonds is 3. The summed E-state index contributed by atoms with van der Waals surface area (Å²) >= 11 is 0. The molecule has 5 heteroatoms. The molecule has 0 saturated heterocycles. The number of carbonyl (C=O) groups excluding carboxylic acids is 1. The maximum atomic E-state index is 12.2.